The van der Waals surface area contributed by atoms with Crippen molar-refractivity contribution in [2.24, 2.45) is 0 Å². The summed E-state index contributed by atoms with van der Waals surface area (Å²) in [5, 5.41) is 18.9. The number of hydrogen-bond donors (Lipinski definition) is 1. The summed E-state index contributed by atoms with van der Waals surface area (Å²) in [6, 6.07) is 12.4. The normalized spacial score (nSPS) is 16.8. The van der Waals surface area contributed by atoms with E-state index in [-0.39, 0.29) is 6.10 Å². The lowest BCUT2D eigenvalue weighted by molar-refractivity contribution is 0.0221. The summed E-state index contributed by atoms with van der Waals surface area (Å²) in [6.07, 6.45) is 4.11. The highest BCUT2D eigenvalue weighted by molar-refractivity contribution is 6.37. The van der Waals surface area contributed by atoms with Crippen molar-refractivity contribution in [1.29, 1.82) is 0 Å². The van der Waals surface area contributed by atoms with Crippen molar-refractivity contribution >= 4 is 34.9 Å². The minimum atomic E-state index is -0.911. The second-order valence-electron chi connectivity index (χ2n) is 8.53. The van der Waals surface area contributed by atoms with E-state index < -0.39 is 5.97 Å². The van der Waals surface area contributed by atoms with E-state index in [1.807, 2.05) is 18.2 Å². The second-order valence-corrected chi connectivity index (χ2v) is 9.34. The molecule has 0 atom stereocenters. The van der Waals surface area contributed by atoms with Crippen LogP contribution in [0.15, 0.2) is 42.5 Å². The summed E-state index contributed by atoms with van der Waals surface area (Å²) in [6.45, 7) is 2.10. The monoisotopic (exact) mass is 486 g/mol. The molecule has 0 unspecified atom stereocenters. The van der Waals surface area contributed by atoms with Crippen LogP contribution < -0.4 is 4.90 Å². The predicted octanol–water partition coefficient (Wildman–Crippen LogP) is 5.34. The highest BCUT2D eigenvalue weighted by Crippen LogP contribution is 2.42. The molecular weight excluding hydrogens is 463 g/mol. The molecule has 1 saturated heterocycles. The standard InChI is InChI=1S/C24H24Cl2N4O3/c25-19-2-1-3-20(26)23(19)30-21(22(27-28-30)15-4-5-15)14-33-18-10-12-29(13-11-18)17-8-6-16(7-9-17)24(31)32/h1-3,6-9,15,18H,4-5,10-14H2,(H,31,32). The summed E-state index contributed by atoms with van der Waals surface area (Å²) in [5.41, 5.74) is 3.86. The van der Waals surface area contributed by atoms with Crippen molar-refractivity contribution in [3.8, 4) is 5.69 Å². The third kappa shape index (κ3) is 4.71. The lowest BCUT2D eigenvalue weighted by atomic mass is 10.1. The third-order valence-electron chi connectivity index (χ3n) is 6.28. The van der Waals surface area contributed by atoms with E-state index in [2.05, 4.69) is 15.2 Å². The van der Waals surface area contributed by atoms with Gasteiger partial charge in [0, 0.05) is 24.7 Å². The van der Waals surface area contributed by atoms with Gasteiger partial charge >= 0.3 is 5.97 Å². The van der Waals surface area contributed by atoms with Crippen molar-refractivity contribution in [2.45, 2.75) is 44.3 Å². The number of aromatic nitrogens is 3. The van der Waals surface area contributed by atoms with Crippen LogP contribution in [-0.4, -0.2) is 45.3 Å². The Bertz CT molecular complexity index is 1130. The number of halogens is 2. The fourth-order valence-electron chi connectivity index (χ4n) is 4.29. The summed E-state index contributed by atoms with van der Waals surface area (Å²) < 4.78 is 8.06. The Hall–Kier alpha value is -2.61. The fraction of sp³-hybridized carbons (Fsp3) is 0.375. The van der Waals surface area contributed by atoms with E-state index in [1.54, 1.807) is 28.9 Å². The van der Waals surface area contributed by atoms with Crippen LogP contribution in [0.1, 0.15) is 53.3 Å². The molecule has 33 heavy (non-hydrogen) atoms. The molecule has 0 spiro atoms. The van der Waals surface area contributed by atoms with E-state index in [9.17, 15) is 4.79 Å². The Balaban J connectivity index is 1.26. The van der Waals surface area contributed by atoms with Gasteiger partial charge in [-0.3, -0.25) is 0 Å². The van der Waals surface area contributed by atoms with Gasteiger partial charge in [0.2, 0.25) is 0 Å². The topological polar surface area (TPSA) is 80.5 Å². The number of piperidine rings is 1. The van der Waals surface area contributed by atoms with Crippen LogP contribution in [0.25, 0.3) is 5.69 Å². The SMILES string of the molecule is O=C(O)c1ccc(N2CCC(OCc3c(C4CC4)nnn3-c3c(Cl)cccc3Cl)CC2)cc1. The lowest BCUT2D eigenvalue weighted by Gasteiger charge is -2.33. The van der Waals surface area contributed by atoms with Gasteiger partial charge in [0.15, 0.2) is 0 Å². The molecule has 1 aliphatic heterocycles. The van der Waals surface area contributed by atoms with E-state index in [1.165, 1.54) is 0 Å². The third-order valence-corrected chi connectivity index (χ3v) is 6.89. The first kappa shape index (κ1) is 22.2. The Labute approximate surface area is 201 Å². The molecule has 5 rings (SSSR count). The number of aromatic carboxylic acids is 1. The molecule has 2 heterocycles. The number of ether oxygens (including phenoxy) is 1. The summed E-state index contributed by atoms with van der Waals surface area (Å²) in [5.74, 6) is -0.486. The quantitative estimate of drug-likeness (QED) is 0.485. The van der Waals surface area contributed by atoms with Crippen LogP contribution in [0, 0.1) is 0 Å². The van der Waals surface area contributed by atoms with Crippen LogP contribution in [0.4, 0.5) is 5.69 Å². The molecule has 0 radical (unpaired) electrons. The summed E-state index contributed by atoms with van der Waals surface area (Å²) >= 11 is 12.9. The molecule has 1 aliphatic carbocycles. The molecule has 9 heteroatoms. The van der Waals surface area contributed by atoms with Crippen molar-refractivity contribution in [1.82, 2.24) is 15.0 Å². The Morgan fingerprint density at radius 3 is 2.30 bits per heavy atom. The Morgan fingerprint density at radius 1 is 1.03 bits per heavy atom. The van der Waals surface area contributed by atoms with E-state index in [0.717, 1.165) is 55.8 Å². The van der Waals surface area contributed by atoms with Gasteiger partial charge in [0.1, 0.15) is 5.69 Å². The molecule has 1 saturated carbocycles. The maximum absolute atomic E-state index is 11.1. The van der Waals surface area contributed by atoms with Gasteiger partial charge < -0.3 is 14.7 Å². The molecule has 7 nitrogen and oxygen atoms in total. The molecule has 3 aromatic rings. The zero-order valence-corrected chi connectivity index (χ0v) is 19.5. The number of carbonyl (C=O) groups is 1. The molecular formula is C24H24Cl2N4O3. The molecule has 0 bridgehead atoms. The van der Waals surface area contributed by atoms with Crippen molar-refractivity contribution in [3.05, 3.63) is 69.5 Å². The van der Waals surface area contributed by atoms with Gasteiger partial charge in [-0.2, -0.15) is 0 Å². The van der Waals surface area contributed by atoms with Crippen molar-refractivity contribution in [2.75, 3.05) is 18.0 Å². The van der Waals surface area contributed by atoms with E-state index in [4.69, 9.17) is 33.0 Å². The molecule has 1 N–H and O–H groups in total. The minimum Gasteiger partial charge on any atom is -0.478 e. The average molecular weight is 487 g/mol. The van der Waals surface area contributed by atoms with Crippen molar-refractivity contribution < 1.29 is 14.6 Å². The highest BCUT2D eigenvalue weighted by atomic mass is 35.5. The van der Waals surface area contributed by atoms with Gasteiger partial charge in [0.25, 0.3) is 0 Å². The van der Waals surface area contributed by atoms with Crippen LogP contribution in [0.3, 0.4) is 0 Å². The summed E-state index contributed by atoms with van der Waals surface area (Å²) in [7, 11) is 0. The van der Waals surface area contributed by atoms with Crippen molar-refractivity contribution in [3.63, 3.8) is 0 Å². The molecule has 2 aliphatic rings. The number of rotatable bonds is 7. The van der Waals surface area contributed by atoms with E-state index in [0.29, 0.717) is 33.8 Å². The first-order valence-electron chi connectivity index (χ1n) is 11.1. The van der Waals surface area contributed by atoms with Gasteiger partial charge in [0.05, 0.1) is 39.7 Å². The summed E-state index contributed by atoms with van der Waals surface area (Å²) in [4.78, 5) is 13.3. The predicted molar refractivity (Wildman–Crippen MR) is 127 cm³/mol. The lowest BCUT2D eigenvalue weighted by Crippen LogP contribution is -2.37. The van der Waals surface area contributed by atoms with Gasteiger partial charge in [-0.15, -0.1) is 5.10 Å². The maximum Gasteiger partial charge on any atom is 0.335 e. The fourth-order valence-corrected chi connectivity index (χ4v) is 4.84. The zero-order chi connectivity index (χ0) is 22.9. The number of carboxylic acids is 1. The molecule has 2 aromatic carbocycles. The van der Waals surface area contributed by atoms with Gasteiger partial charge in [-0.25, -0.2) is 9.48 Å². The highest BCUT2D eigenvalue weighted by Gasteiger charge is 2.32. The molecule has 1 aromatic heterocycles. The van der Waals surface area contributed by atoms with Crippen LogP contribution in [0.2, 0.25) is 10.0 Å². The van der Waals surface area contributed by atoms with Crippen LogP contribution >= 0.6 is 23.2 Å². The van der Waals surface area contributed by atoms with E-state index >= 15 is 0 Å². The Kier molecular flexibility index (Phi) is 6.27. The van der Waals surface area contributed by atoms with Crippen LogP contribution in [-0.2, 0) is 11.3 Å². The second kappa shape index (κ2) is 9.33. The van der Waals surface area contributed by atoms with Crippen LogP contribution in [0.5, 0.6) is 0 Å². The molecule has 2 fully saturated rings. The van der Waals surface area contributed by atoms with Gasteiger partial charge in [-0.05, 0) is 62.1 Å². The maximum atomic E-state index is 11.1. The number of benzene rings is 2. The first-order valence-corrected chi connectivity index (χ1v) is 11.9. The molecule has 0 amide bonds. The molecule has 172 valence electrons. The number of nitrogens with zero attached hydrogens (tertiary/aromatic N) is 4. The zero-order valence-electron chi connectivity index (χ0n) is 18.0. The number of hydrogen-bond acceptors (Lipinski definition) is 5. The Morgan fingerprint density at radius 2 is 1.70 bits per heavy atom. The average Bonchev–Trinajstić information content (AvgIpc) is 3.58. The number of para-hydroxylation sites is 1. The largest absolute Gasteiger partial charge is 0.478 e. The van der Waals surface area contributed by atoms with Gasteiger partial charge in [-0.1, -0.05) is 34.5 Å². The number of carboxylic acid groups (broad SMARTS) is 1. The minimum absolute atomic E-state index is 0.122. The smallest absolute Gasteiger partial charge is 0.335 e. The number of anilines is 1. The first-order chi connectivity index (χ1) is 16.0.